The molecule has 1 aromatic heterocycles. The predicted octanol–water partition coefficient (Wildman–Crippen LogP) is 5.59. The van der Waals surface area contributed by atoms with Crippen LogP contribution in [0.5, 0.6) is 0 Å². The lowest BCUT2D eigenvalue weighted by atomic mass is 10.3. The molecule has 0 amide bonds. The van der Waals surface area contributed by atoms with Crippen LogP contribution in [0.25, 0.3) is 10.2 Å². The van der Waals surface area contributed by atoms with E-state index in [0.717, 1.165) is 14.7 Å². The number of hydrogen-bond donors (Lipinski definition) is 1. The third-order valence-corrected chi connectivity index (χ3v) is 4.28. The van der Waals surface area contributed by atoms with E-state index in [1.165, 1.54) is 17.4 Å². The molecular weight excluding hydrogens is 351 g/mol. The topological polar surface area (TPSA) is 24.9 Å². The summed E-state index contributed by atoms with van der Waals surface area (Å²) in [5, 5.41) is 3.68. The zero-order chi connectivity index (χ0) is 13.4. The quantitative estimate of drug-likeness (QED) is 0.646. The van der Waals surface area contributed by atoms with Crippen molar-refractivity contribution in [2.45, 2.75) is 0 Å². The molecule has 0 fully saturated rings. The molecule has 0 bridgehead atoms. The Morgan fingerprint density at radius 1 is 1.26 bits per heavy atom. The monoisotopic (exact) mass is 356 g/mol. The molecule has 96 valence electrons. The number of nitrogens with zero attached hydrogens (tertiary/aromatic N) is 1. The smallest absolute Gasteiger partial charge is 0.188 e. The van der Waals surface area contributed by atoms with Gasteiger partial charge in [-0.05, 0) is 30.3 Å². The predicted molar refractivity (Wildman–Crippen MR) is 82.0 cm³/mol. The molecule has 0 aliphatic rings. The van der Waals surface area contributed by atoms with Crippen molar-refractivity contribution in [3.8, 4) is 0 Å². The Morgan fingerprint density at radius 3 is 2.95 bits per heavy atom. The first-order chi connectivity index (χ1) is 9.13. The molecule has 0 aliphatic heterocycles. The normalized spacial score (nSPS) is 10.9. The molecular formula is C13H7BrClFN2S. The van der Waals surface area contributed by atoms with Crippen LogP contribution < -0.4 is 5.32 Å². The number of benzene rings is 2. The fourth-order valence-electron chi connectivity index (χ4n) is 1.67. The molecule has 0 saturated carbocycles. The summed E-state index contributed by atoms with van der Waals surface area (Å²) in [5.74, 6) is -0.468. The Kier molecular flexibility index (Phi) is 3.43. The third-order valence-electron chi connectivity index (χ3n) is 2.54. The van der Waals surface area contributed by atoms with E-state index in [0.29, 0.717) is 10.8 Å². The van der Waals surface area contributed by atoms with Gasteiger partial charge in [0.15, 0.2) is 10.9 Å². The number of thiazole rings is 1. The van der Waals surface area contributed by atoms with Crippen LogP contribution in [0.1, 0.15) is 0 Å². The highest BCUT2D eigenvalue weighted by atomic mass is 79.9. The van der Waals surface area contributed by atoms with E-state index < -0.39 is 5.82 Å². The van der Waals surface area contributed by atoms with E-state index in [9.17, 15) is 4.39 Å². The van der Waals surface area contributed by atoms with Gasteiger partial charge in [0.25, 0.3) is 0 Å². The van der Waals surface area contributed by atoms with Crippen molar-refractivity contribution in [3.63, 3.8) is 0 Å². The fraction of sp³-hybridized carbons (Fsp3) is 0. The van der Waals surface area contributed by atoms with Crippen molar-refractivity contribution in [2.24, 2.45) is 0 Å². The van der Waals surface area contributed by atoms with Crippen LogP contribution in [-0.4, -0.2) is 4.98 Å². The minimum Gasteiger partial charge on any atom is -0.329 e. The first kappa shape index (κ1) is 12.8. The van der Waals surface area contributed by atoms with Crippen molar-refractivity contribution in [1.82, 2.24) is 4.98 Å². The number of fused-ring (bicyclic) bond motifs is 1. The van der Waals surface area contributed by atoms with Gasteiger partial charge in [-0.25, -0.2) is 9.37 Å². The van der Waals surface area contributed by atoms with Gasteiger partial charge < -0.3 is 5.32 Å². The summed E-state index contributed by atoms with van der Waals surface area (Å²) in [4.78, 5) is 4.41. The zero-order valence-electron chi connectivity index (χ0n) is 9.45. The number of halogens is 3. The average molecular weight is 358 g/mol. The minimum atomic E-state index is -0.468. The number of hydrogen-bond acceptors (Lipinski definition) is 3. The van der Waals surface area contributed by atoms with Crippen LogP contribution in [-0.2, 0) is 0 Å². The molecule has 0 spiro atoms. The molecule has 0 saturated heterocycles. The summed E-state index contributed by atoms with van der Waals surface area (Å²) >= 11 is 10.6. The van der Waals surface area contributed by atoms with Crippen molar-refractivity contribution in [1.29, 1.82) is 0 Å². The maximum absolute atomic E-state index is 13.8. The average Bonchev–Trinajstić information content (AvgIpc) is 2.76. The standard InChI is InChI=1S/C13H7BrClFN2S/c14-7-4-5-11-10(6-7)18-13(19-11)17-9-3-1-2-8(15)12(9)16/h1-6H,(H,17,18). The number of nitrogens with one attached hydrogen (secondary N) is 1. The second kappa shape index (κ2) is 5.07. The Bertz CT molecular complexity index is 759. The van der Waals surface area contributed by atoms with Crippen LogP contribution in [0.15, 0.2) is 40.9 Å². The second-order valence-electron chi connectivity index (χ2n) is 3.86. The molecule has 1 heterocycles. The van der Waals surface area contributed by atoms with Gasteiger partial charge in [0.05, 0.1) is 20.9 Å². The van der Waals surface area contributed by atoms with E-state index in [1.807, 2.05) is 18.2 Å². The summed E-state index contributed by atoms with van der Waals surface area (Å²) in [6.45, 7) is 0. The van der Waals surface area contributed by atoms with Crippen molar-refractivity contribution < 1.29 is 4.39 Å². The van der Waals surface area contributed by atoms with Gasteiger partial charge in [0.1, 0.15) is 0 Å². The SMILES string of the molecule is Fc1c(Cl)cccc1Nc1nc2cc(Br)ccc2s1. The van der Waals surface area contributed by atoms with Gasteiger partial charge >= 0.3 is 0 Å². The molecule has 3 aromatic rings. The summed E-state index contributed by atoms with van der Waals surface area (Å²) in [5.41, 5.74) is 1.19. The summed E-state index contributed by atoms with van der Waals surface area (Å²) in [6, 6.07) is 10.7. The van der Waals surface area contributed by atoms with Crippen LogP contribution in [0, 0.1) is 5.82 Å². The minimum absolute atomic E-state index is 0.0915. The van der Waals surface area contributed by atoms with Gasteiger partial charge in [0.2, 0.25) is 0 Å². The first-order valence-corrected chi connectivity index (χ1v) is 7.39. The lowest BCUT2D eigenvalue weighted by molar-refractivity contribution is 0.632. The first-order valence-electron chi connectivity index (χ1n) is 5.40. The third kappa shape index (κ3) is 2.59. The van der Waals surface area contributed by atoms with Gasteiger partial charge in [0, 0.05) is 4.47 Å². The van der Waals surface area contributed by atoms with E-state index in [4.69, 9.17) is 11.6 Å². The van der Waals surface area contributed by atoms with Gasteiger partial charge in [-0.15, -0.1) is 0 Å². The number of aromatic nitrogens is 1. The van der Waals surface area contributed by atoms with E-state index in [2.05, 4.69) is 26.2 Å². The Labute approximate surface area is 126 Å². The van der Waals surface area contributed by atoms with Crippen LogP contribution in [0.3, 0.4) is 0 Å². The summed E-state index contributed by atoms with van der Waals surface area (Å²) < 4.78 is 15.8. The molecule has 0 atom stereocenters. The Balaban J connectivity index is 1.99. The molecule has 0 radical (unpaired) electrons. The highest BCUT2D eigenvalue weighted by Crippen LogP contribution is 2.31. The van der Waals surface area contributed by atoms with Crippen LogP contribution in [0.2, 0.25) is 5.02 Å². The van der Waals surface area contributed by atoms with E-state index >= 15 is 0 Å². The van der Waals surface area contributed by atoms with Crippen molar-refractivity contribution >= 4 is 59.9 Å². The molecule has 3 rings (SSSR count). The highest BCUT2D eigenvalue weighted by Gasteiger charge is 2.09. The van der Waals surface area contributed by atoms with Crippen LogP contribution >= 0.6 is 38.9 Å². The molecule has 2 aromatic carbocycles. The highest BCUT2D eigenvalue weighted by molar-refractivity contribution is 9.10. The molecule has 2 nitrogen and oxygen atoms in total. The Hall–Kier alpha value is -1.17. The van der Waals surface area contributed by atoms with E-state index in [1.54, 1.807) is 12.1 Å². The summed E-state index contributed by atoms with van der Waals surface area (Å²) in [6.07, 6.45) is 0. The Morgan fingerprint density at radius 2 is 2.11 bits per heavy atom. The lowest BCUT2D eigenvalue weighted by Gasteiger charge is -2.04. The molecule has 0 aliphatic carbocycles. The lowest BCUT2D eigenvalue weighted by Crippen LogP contribution is -1.93. The number of anilines is 2. The maximum Gasteiger partial charge on any atom is 0.188 e. The molecule has 19 heavy (non-hydrogen) atoms. The summed E-state index contributed by atoms with van der Waals surface area (Å²) in [7, 11) is 0. The molecule has 0 unspecified atom stereocenters. The second-order valence-corrected chi connectivity index (χ2v) is 6.21. The van der Waals surface area contributed by atoms with Gasteiger partial charge in [-0.2, -0.15) is 0 Å². The fourth-order valence-corrected chi connectivity index (χ4v) is 3.05. The molecule has 6 heteroatoms. The van der Waals surface area contributed by atoms with Gasteiger partial charge in [-0.3, -0.25) is 0 Å². The number of rotatable bonds is 2. The van der Waals surface area contributed by atoms with Gasteiger partial charge in [-0.1, -0.05) is 44.9 Å². The van der Waals surface area contributed by atoms with Crippen LogP contribution in [0.4, 0.5) is 15.2 Å². The zero-order valence-corrected chi connectivity index (χ0v) is 12.6. The molecule has 1 N–H and O–H groups in total. The maximum atomic E-state index is 13.8. The largest absolute Gasteiger partial charge is 0.329 e. The van der Waals surface area contributed by atoms with E-state index in [-0.39, 0.29) is 5.02 Å². The van der Waals surface area contributed by atoms with Crippen molar-refractivity contribution in [2.75, 3.05) is 5.32 Å². The van der Waals surface area contributed by atoms with Crippen molar-refractivity contribution in [3.05, 3.63) is 51.7 Å².